The summed E-state index contributed by atoms with van der Waals surface area (Å²) in [6, 6.07) is 26.8. The molecule has 3 aromatic carbocycles. The number of benzene rings is 3. The fourth-order valence-electron chi connectivity index (χ4n) is 5.12. The van der Waals surface area contributed by atoms with Crippen LogP contribution in [0.3, 0.4) is 0 Å². The summed E-state index contributed by atoms with van der Waals surface area (Å²) in [4.78, 5) is 32.3. The van der Waals surface area contributed by atoms with E-state index in [1.165, 1.54) is 11.0 Å². The second kappa shape index (κ2) is 14.7. The van der Waals surface area contributed by atoms with Crippen LogP contribution in [0.15, 0.2) is 103 Å². The summed E-state index contributed by atoms with van der Waals surface area (Å²) >= 11 is 0. The summed E-state index contributed by atoms with van der Waals surface area (Å²) in [6.45, 7) is 0.323. The molecule has 0 aliphatic carbocycles. The largest absolute Gasteiger partial charge is 0.416 e. The second-order valence-electron chi connectivity index (χ2n) is 10.8. The standard InChI is InChI=1S/C35H35F3N2O3/c1-40(24-31-17-5-6-19-39-31)34(43)28-15-9-14-27(22-28)33(42)23-29(20-25-10-3-2-4-11-25)32(41)18-8-13-26-12-7-16-30(21-26)35(36,37)38/h2-7,9-12,14-17,19,21-22,29,32,41H,8,13,18,20,23-24H2,1H3/t29-,32-/m1/s1. The minimum absolute atomic E-state index is 0.0566. The SMILES string of the molecule is CN(Cc1ccccn1)C(=O)c1cccc(C(=O)C[C@@H](Cc2ccccc2)[C@H](O)CCCc2cccc(C(F)(F)F)c2)c1. The zero-order valence-corrected chi connectivity index (χ0v) is 24.0. The van der Waals surface area contributed by atoms with Crippen molar-refractivity contribution in [3.63, 3.8) is 0 Å². The molecule has 8 heteroatoms. The number of hydrogen-bond acceptors (Lipinski definition) is 4. The van der Waals surface area contributed by atoms with Gasteiger partial charge in [0.15, 0.2) is 5.78 Å². The number of ketones is 1. The Morgan fingerprint density at radius 1 is 0.860 bits per heavy atom. The van der Waals surface area contributed by atoms with Crippen molar-refractivity contribution >= 4 is 11.7 Å². The van der Waals surface area contributed by atoms with Crippen molar-refractivity contribution in [2.45, 2.75) is 50.9 Å². The van der Waals surface area contributed by atoms with E-state index in [0.717, 1.165) is 23.4 Å². The van der Waals surface area contributed by atoms with Crippen LogP contribution >= 0.6 is 0 Å². The molecule has 0 unspecified atom stereocenters. The highest BCUT2D eigenvalue weighted by molar-refractivity contribution is 6.00. The van der Waals surface area contributed by atoms with Crippen molar-refractivity contribution < 1.29 is 27.9 Å². The minimum atomic E-state index is -4.41. The van der Waals surface area contributed by atoms with Gasteiger partial charge in [-0.25, -0.2) is 0 Å². The first-order valence-electron chi connectivity index (χ1n) is 14.3. The first kappa shape index (κ1) is 31.6. The molecule has 1 N–H and O–H groups in total. The number of amides is 1. The van der Waals surface area contributed by atoms with Gasteiger partial charge >= 0.3 is 6.18 Å². The number of aliphatic hydroxyl groups is 1. The molecule has 0 spiro atoms. The lowest BCUT2D eigenvalue weighted by Gasteiger charge is -2.23. The van der Waals surface area contributed by atoms with Gasteiger partial charge in [0.2, 0.25) is 0 Å². The van der Waals surface area contributed by atoms with Gasteiger partial charge in [-0.2, -0.15) is 13.2 Å². The molecule has 43 heavy (non-hydrogen) atoms. The number of Topliss-reactive ketones (excluding diaryl/α,β-unsaturated/α-hetero) is 1. The lowest BCUT2D eigenvalue weighted by atomic mass is 9.85. The van der Waals surface area contributed by atoms with Crippen molar-refractivity contribution in [3.05, 3.63) is 137 Å². The lowest BCUT2D eigenvalue weighted by Crippen LogP contribution is -2.27. The highest BCUT2D eigenvalue weighted by Gasteiger charge is 2.30. The molecular weight excluding hydrogens is 553 g/mol. The molecule has 0 fully saturated rings. The van der Waals surface area contributed by atoms with E-state index >= 15 is 0 Å². The van der Waals surface area contributed by atoms with Gasteiger partial charge in [-0.1, -0.05) is 66.7 Å². The van der Waals surface area contributed by atoms with Gasteiger partial charge < -0.3 is 10.0 Å². The Bertz CT molecular complexity index is 1490. The van der Waals surface area contributed by atoms with E-state index in [1.54, 1.807) is 49.6 Å². The Kier molecular flexibility index (Phi) is 10.8. The van der Waals surface area contributed by atoms with Crippen molar-refractivity contribution in [1.82, 2.24) is 9.88 Å². The predicted molar refractivity (Wildman–Crippen MR) is 159 cm³/mol. The molecular formula is C35H35F3N2O3. The number of carbonyl (C=O) groups is 2. The number of rotatable bonds is 13. The third-order valence-electron chi connectivity index (χ3n) is 7.46. The molecule has 1 amide bonds. The molecule has 2 atom stereocenters. The molecule has 0 radical (unpaired) electrons. The van der Waals surface area contributed by atoms with Crippen molar-refractivity contribution in [1.29, 1.82) is 0 Å². The Morgan fingerprint density at radius 3 is 2.28 bits per heavy atom. The van der Waals surface area contributed by atoms with Gasteiger partial charge in [-0.05, 0) is 73.1 Å². The van der Waals surface area contributed by atoms with Crippen LogP contribution in [-0.2, 0) is 25.6 Å². The van der Waals surface area contributed by atoms with Crippen LogP contribution in [0, 0.1) is 5.92 Å². The Hall–Kier alpha value is -4.30. The highest BCUT2D eigenvalue weighted by Crippen LogP contribution is 2.30. The van der Waals surface area contributed by atoms with E-state index in [2.05, 4.69) is 4.98 Å². The van der Waals surface area contributed by atoms with Crippen molar-refractivity contribution in [2.75, 3.05) is 7.05 Å². The monoisotopic (exact) mass is 588 g/mol. The van der Waals surface area contributed by atoms with Crippen LogP contribution in [0.1, 0.15) is 62.4 Å². The van der Waals surface area contributed by atoms with Crippen LogP contribution in [0.4, 0.5) is 13.2 Å². The number of aryl methyl sites for hydroxylation is 1. The maximum atomic E-state index is 13.5. The van der Waals surface area contributed by atoms with E-state index in [0.29, 0.717) is 48.9 Å². The molecule has 1 aromatic heterocycles. The molecule has 1 heterocycles. The Balaban J connectivity index is 1.43. The van der Waals surface area contributed by atoms with Gasteiger partial charge in [0, 0.05) is 30.8 Å². The van der Waals surface area contributed by atoms with Gasteiger partial charge in [0.1, 0.15) is 0 Å². The van der Waals surface area contributed by atoms with Gasteiger partial charge in [0.05, 0.1) is 23.9 Å². The maximum Gasteiger partial charge on any atom is 0.416 e. The summed E-state index contributed by atoms with van der Waals surface area (Å²) in [7, 11) is 1.68. The normalized spacial score (nSPS) is 12.9. The maximum absolute atomic E-state index is 13.5. The fourth-order valence-corrected chi connectivity index (χ4v) is 5.12. The molecule has 0 saturated heterocycles. The minimum Gasteiger partial charge on any atom is -0.393 e. The van der Waals surface area contributed by atoms with Crippen LogP contribution in [0.25, 0.3) is 0 Å². The van der Waals surface area contributed by atoms with Gasteiger partial charge in [-0.15, -0.1) is 0 Å². The van der Waals surface area contributed by atoms with E-state index < -0.39 is 23.8 Å². The number of nitrogens with zero attached hydrogens (tertiary/aromatic N) is 2. The Morgan fingerprint density at radius 2 is 1.56 bits per heavy atom. The Labute approximate surface area is 250 Å². The number of pyridine rings is 1. The van der Waals surface area contributed by atoms with Crippen molar-refractivity contribution in [3.8, 4) is 0 Å². The number of carbonyl (C=O) groups excluding carboxylic acids is 2. The number of hydrogen-bond donors (Lipinski definition) is 1. The van der Waals surface area contributed by atoms with Gasteiger partial charge in [0.25, 0.3) is 5.91 Å². The topological polar surface area (TPSA) is 70.5 Å². The molecule has 0 saturated carbocycles. The van der Waals surface area contributed by atoms with Crippen molar-refractivity contribution in [2.24, 2.45) is 5.92 Å². The molecule has 0 bridgehead atoms. The quantitative estimate of drug-likeness (QED) is 0.168. The smallest absolute Gasteiger partial charge is 0.393 e. The van der Waals surface area contributed by atoms with Crippen LogP contribution in [-0.4, -0.2) is 39.8 Å². The van der Waals surface area contributed by atoms with Crippen LogP contribution in [0.5, 0.6) is 0 Å². The van der Waals surface area contributed by atoms with Gasteiger partial charge in [-0.3, -0.25) is 14.6 Å². The predicted octanol–water partition coefficient (Wildman–Crippen LogP) is 7.19. The zero-order valence-electron chi connectivity index (χ0n) is 24.0. The van der Waals surface area contributed by atoms with E-state index in [-0.39, 0.29) is 18.1 Å². The summed E-state index contributed by atoms with van der Waals surface area (Å²) in [5.74, 6) is -0.849. The van der Waals surface area contributed by atoms with E-state index in [4.69, 9.17) is 0 Å². The second-order valence-corrected chi connectivity index (χ2v) is 10.8. The lowest BCUT2D eigenvalue weighted by molar-refractivity contribution is -0.137. The molecule has 224 valence electrons. The summed E-state index contributed by atoms with van der Waals surface area (Å²) in [6.07, 6.45) is -1.89. The van der Waals surface area contributed by atoms with E-state index in [9.17, 15) is 27.9 Å². The number of aromatic nitrogens is 1. The molecule has 0 aliphatic rings. The van der Waals surface area contributed by atoms with E-state index in [1.807, 2.05) is 42.5 Å². The number of aliphatic hydroxyl groups excluding tert-OH is 1. The highest BCUT2D eigenvalue weighted by atomic mass is 19.4. The van der Waals surface area contributed by atoms with Crippen LogP contribution < -0.4 is 0 Å². The third-order valence-corrected chi connectivity index (χ3v) is 7.46. The molecule has 5 nitrogen and oxygen atoms in total. The molecule has 0 aliphatic heterocycles. The summed E-state index contributed by atoms with van der Waals surface area (Å²) in [5, 5.41) is 11.2. The first-order chi connectivity index (χ1) is 20.6. The first-order valence-corrected chi connectivity index (χ1v) is 14.3. The third kappa shape index (κ3) is 9.35. The summed E-state index contributed by atoms with van der Waals surface area (Å²) < 4.78 is 39.3. The average molecular weight is 589 g/mol. The number of halogens is 3. The summed E-state index contributed by atoms with van der Waals surface area (Å²) in [5.41, 5.74) is 2.33. The molecule has 4 aromatic rings. The number of alkyl halides is 3. The van der Waals surface area contributed by atoms with Crippen LogP contribution in [0.2, 0.25) is 0 Å². The average Bonchev–Trinajstić information content (AvgIpc) is 3.01. The zero-order chi connectivity index (χ0) is 30.8. The fraction of sp³-hybridized carbons (Fsp3) is 0.286. The molecule has 4 rings (SSSR count).